The first-order valence-corrected chi connectivity index (χ1v) is 7.81. The van der Waals surface area contributed by atoms with Crippen molar-refractivity contribution in [2.75, 3.05) is 20.1 Å². The van der Waals surface area contributed by atoms with E-state index in [1.165, 1.54) is 38.5 Å². The van der Waals surface area contributed by atoms with Crippen LogP contribution in [0.5, 0.6) is 0 Å². The molecule has 3 unspecified atom stereocenters. The van der Waals surface area contributed by atoms with Crippen LogP contribution in [-0.2, 0) is 4.79 Å². The zero-order chi connectivity index (χ0) is 13.4. The number of hydrogen-bond acceptors (Lipinski definition) is 4. The minimum atomic E-state index is -0.908. The van der Waals surface area contributed by atoms with Crippen molar-refractivity contribution in [1.82, 2.24) is 9.80 Å². The van der Waals surface area contributed by atoms with Gasteiger partial charge in [-0.1, -0.05) is 0 Å². The van der Waals surface area contributed by atoms with Crippen molar-refractivity contribution in [3.8, 4) is 0 Å². The van der Waals surface area contributed by atoms with Gasteiger partial charge >= 0.3 is 0 Å². The first kappa shape index (κ1) is 19.0. The first-order chi connectivity index (χ1) is 9.15. The highest BCUT2D eigenvalue weighted by atomic mass is 35.5. The van der Waals surface area contributed by atoms with Crippen LogP contribution in [0.25, 0.3) is 0 Å². The van der Waals surface area contributed by atoms with Gasteiger partial charge in [0.2, 0.25) is 0 Å². The molecule has 3 aliphatic heterocycles. The van der Waals surface area contributed by atoms with Crippen molar-refractivity contribution in [3.63, 3.8) is 0 Å². The molecule has 0 N–H and O–H groups in total. The van der Waals surface area contributed by atoms with E-state index in [9.17, 15) is 9.90 Å². The second-order valence-electron chi connectivity index (χ2n) is 6.65. The second kappa shape index (κ2) is 8.00. The third-order valence-corrected chi connectivity index (χ3v) is 5.70. The lowest BCUT2D eigenvalue weighted by atomic mass is 9.84. The number of fused-ring (bicyclic) bond motifs is 2. The number of carboxylic acids is 1. The van der Waals surface area contributed by atoms with E-state index in [2.05, 4.69) is 16.8 Å². The van der Waals surface area contributed by atoms with E-state index in [4.69, 9.17) is 0 Å². The zero-order valence-corrected chi connectivity index (χ0v) is 14.3. The molecule has 2 bridgehead atoms. The minimum Gasteiger partial charge on any atom is -0.550 e. The number of carboxylic acid groups (broad SMARTS) is 1. The summed E-state index contributed by atoms with van der Waals surface area (Å²) in [6, 6.07) is 2.20. The Kier molecular flexibility index (Phi) is 7.25. The van der Waals surface area contributed by atoms with Crippen LogP contribution in [-0.4, -0.2) is 54.0 Å². The molecule has 0 aromatic rings. The van der Waals surface area contributed by atoms with E-state index < -0.39 is 5.97 Å². The molecule has 3 rings (SSSR count). The van der Waals surface area contributed by atoms with Crippen LogP contribution in [0.2, 0.25) is 0 Å². The van der Waals surface area contributed by atoms with E-state index in [1.807, 2.05) is 0 Å². The van der Waals surface area contributed by atoms with E-state index in [0.717, 1.165) is 24.5 Å². The van der Waals surface area contributed by atoms with Crippen LogP contribution >= 0.6 is 24.8 Å². The number of nitrogens with zero attached hydrogens (tertiary/aromatic N) is 2. The first-order valence-electron chi connectivity index (χ1n) is 7.81. The second-order valence-corrected chi connectivity index (χ2v) is 6.65. The lowest BCUT2D eigenvalue weighted by Gasteiger charge is -2.41. The molecule has 3 atom stereocenters. The van der Waals surface area contributed by atoms with Crippen LogP contribution in [0.3, 0.4) is 0 Å². The van der Waals surface area contributed by atoms with Gasteiger partial charge in [0.1, 0.15) is 0 Å². The van der Waals surface area contributed by atoms with Crippen LogP contribution in [0.1, 0.15) is 44.9 Å². The van der Waals surface area contributed by atoms with Gasteiger partial charge in [0.25, 0.3) is 0 Å². The fourth-order valence-corrected chi connectivity index (χ4v) is 4.67. The lowest BCUT2D eigenvalue weighted by molar-refractivity contribution is -0.305. The van der Waals surface area contributed by atoms with E-state index in [-0.39, 0.29) is 31.2 Å². The summed E-state index contributed by atoms with van der Waals surface area (Å²) in [5, 5.41) is 10.7. The molecule has 0 aromatic heterocycles. The fraction of sp³-hybridized carbons (Fsp3) is 0.933. The maximum atomic E-state index is 10.7. The number of likely N-dealkylation sites (tertiary alicyclic amines) is 1. The molecule has 3 fully saturated rings. The number of carbonyl (C=O) groups is 1. The molecule has 3 saturated heterocycles. The third kappa shape index (κ3) is 4.04. The number of aliphatic carboxylic acids is 1. The molecule has 0 aliphatic carbocycles. The average Bonchev–Trinajstić information content (AvgIpc) is 2.89. The van der Waals surface area contributed by atoms with Gasteiger partial charge in [-0.15, -0.1) is 24.8 Å². The smallest absolute Gasteiger partial charge is 0.0427 e. The van der Waals surface area contributed by atoms with Crippen molar-refractivity contribution < 1.29 is 9.90 Å². The maximum Gasteiger partial charge on any atom is 0.0427 e. The molecule has 6 heteroatoms. The average molecular weight is 338 g/mol. The summed E-state index contributed by atoms with van der Waals surface area (Å²) in [5.74, 6) is -0.118. The van der Waals surface area contributed by atoms with E-state index in [1.54, 1.807) is 0 Å². The quantitative estimate of drug-likeness (QED) is 0.775. The van der Waals surface area contributed by atoms with Crippen molar-refractivity contribution in [3.05, 3.63) is 0 Å². The largest absolute Gasteiger partial charge is 0.550 e. The van der Waals surface area contributed by atoms with Crippen LogP contribution in [0, 0.1) is 5.92 Å². The van der Waals surface area contributed by atoms with Gasteiger partial charge in [-0.25, -0.2) is 0 Å². The molecule has 21 heavy (non-hydrogen) atoms. The molecular weight excluding hydrogens is 311 g/mol. The van der Waals surface area contributed by atoms with Crippen LogP contribution < -0.4 is 5.11 Å². The topological polar surface area (TPSA) is 46.6 Å². The normalized spacial score (nSPS) is 36.0. The molecule has 4 nitrogen and oxygen atoms in total. The Morgan fingerprint density at radius 3 is 2.33 bits per heavy atom. The zero-order valence-electron chi connectivity index (χ0n) is 12.7. The lowest BCUT2D eigenvalue weighted by Crippen LogP contribution is -2.47. The van der Waals surface area contributed by atoms with Gasteiger partial charge in [-0.05, 0) is 64.5 Å². The Hall–Kier alpha value is -0.0300. The minimum absolute atomic E-state index is 0. The molecular formula is C15H27Cl2N2O2-. The highest BCUT2D eigenvalue weighted by Gasteiger charge is 2.43. The number of hydrogen-bond donors (Lipinski definition) is 0. The number of piperidine rings is 1. The molecule has 0 amide bonds. The van der Waals surface area contributed by atoms with Gasteiger partial charge < -0.3 is 14.8 Å². The number of carbonyl (C=O) groups excluding carboxylic acids is 1. The molecule has 3 heterocycles. The molecule has 0 aromatic carbocycles. The van der Waals surface area contributed by atoms with Gasteiger partial charge in [0.15, 0.2) is 0 Å². The van der Waals surface area contributed by atoms with Gasteiger partial charge in [0, 0.05) is 30.6 Å². The summed E-state index contributed by atoms with van der Waals surface area (Å²) in [7, 11) is 2.28. The fourth-order valence-electron chi connectivity index (χ4n) is 4.67. The highest BCUT2D eigenvalue weighted by molar-refractivity contribution is 5.85. The van der Waals surface area contributed by atoms with Crippen molar-refractivity contribution in [2.24, 2.45) is 5.92 Å². The Labute approximate surface area is 140 Å². The van der Waals surface area contributed by atoms with Gasteiger partial charge in [-0.3, -0.25) is 4.90 Å². The van der Waals surface area contributed by atoms with Crippen molar-refractivity contribution >= 4 is 30.8 Å². The number of halogens is 2. The molecule has 0 radical (unpaired) electrons. The molecule has 0 spiro atoms. The maximum absolute atomic E-state index is 10.7. The van der Waals surface area contributed by atoms with Gasteiger partial charge in [0.05, 0.1) is 0 Å². The number of rotatable bonds is 4. The van der Waals surface area contributed by atoms with E-state index >= 15 is 0 Å². The molecule has 124 valence electrons. The van der Waals surface area contributed by atoms with Crippen LogP contribution in [0.15, 0.2) is 0 Å². The van der Waals surface area contributed by atoms with E-state index in [0.29, 0.717) is 12.6 Å². The van der Waals surface area contributed by atoms with Crippen molar-refractivity contribution in [1.29, 1.82) is 0 Å². The summed E-state index contributed by atoms with van der Waals surface area (Å²) in [5.41, 5.74) is 0. The standard InChI is InChI=1S/C15H26N2O2.2ClH/c1-16-12-4-5-13(16)10-11(9-12)14-3-2-7-17(14)8-6-15(18)19;;/h11-14H,2-10H2,1H3,(H,18,19);2*1H/p-1. The Balaban J connectivity index is 0.00000110. The van der Waals surface area contributed by atoms with Crippen molar-refractivity contribution in [2.45, 2.75) is 63.1 Å². The van der Waals surface area contributed by atoms with Gasteiger partial charge in [-0.2, -0.15) is 0 Å². The summed E-state index contributed by atoms with van der Waals surface area (Å²) in [6.45, 7) is 1.77. The predicted octanol–water partition coefficient (Wildman–Crippen LogP) is 1.31. The third-order valence-electron chi connectivity index (χ3n) is 5.70. The predicted molar refractivity (Wildman–Crippen MR) is 86.0 cm³/mol. The SMILES string of the molecule is CN1C2CCC1CC(C1CCCN1CCC(=O)[O-])C2.Cl.Cl. The molecule has 0 saturated carbocycles. The summed E-state index contributed by atoms with van der Waals surface area (Å²) in [6.07, 6.45) is 8.06. The Bertz CT molecular complexity index is 343. The summed E-state index contributed by atoms with van der Waals surface area (Å²) in [4.78, 5) is 15.7. The Morgan fingerprint density at radius 2 is 1.76 bits per heavy atom. The monoisotopic (exact) mass is 337 g/mol. The summed E-state index contributed by atoms with van der Waals surface area (Å²) < 4.78 is 0. The van der Waals surface area contributed by atoms with Crippen LogP contribution in [0.4, 0.5) is 0 Å². The molecule has 3 aliphatic rings. The highest BCUT2D eigenvalue weighted by Crippen LogP contribution is 2.41. The Morgan fingerprint density at radius 1 is 1.14 bits per heavy atom. The summed E-state index contributed by atoms with van der Waals surface area (Å²) >= 11 is 0.